The molecule has 0 saturated carbocycles. The zero-order valence-electron chi connectivity index (χ0n) is 18.1. The highest BCUT2D eigenvalue weighted by molar-refractivity contribution is 6.30. The summed E-state index contributed by atoms with van der Waals surface area (Å²) in [5.74, 6) is 1.01. The Morgan fingerprint density at radius 3 is 2.58 bits per heavy atom. The third-order valence-electron chi connectivity index (χ3n) is 6.60. The van der Waals surface area contributed by atoms with Gasteiger partial charge in [0.1, 0.15) is 12.1 Å². The number of hydrogen-bond acceptors (Lipinski definition) is 6. The number of aromatic amines is 1. The monoisotopic (exact) mass is 439 g/mol. The molecule has 0 aliphatic carbocycles. The summed E-state index contributed by atoms with van der Waals surface area (Å²) in [6.07, 6.45) is 6.43. The molecule has 0 bridgehead atoms. The van der Waals surface area contributed by atoms with E-state index in [1.165, 1.54) is 37.2 Å². The molecule has 0 amide bonds. The molecular weight excluding hydrogens is 410 g/mol. The second-order valence-corrected chi connectivity index (χ2v) is 9.09. The Kier molecular flexibility index (Phi) is 5.96. The summed E-state index contributed by atoms with van der Waals surface area (Å²) in [5.41, 5.74) is 4.43. The third kappa shape index (κ3) is 4.34. The Bertz CT molecular complexity index is 1040. The molecule has 5 rings (SSSR count). The van der Waals surface area contributed by atoms with Gasteiger partial charge in [-0.1, -0.05) is 17.7 Å². The van der Waals surface area contributed by atoms with E-state index in [1.54, 1.807) is 6.33 Å². The van der Waals surface area contributed by atoms with Crippen molar-refractivity contribution in [3.8, 4) is 0 Å². The van der Waals surface area contributed by atoms with Gasteiger partial charge in [-0.2, -0.15) is 5.10 Å². The number of aryl methyl sites for hydroxylation is 2. The molecule has 2 aliphatic heterocycles. The lowest BCUT2D eigenvalue weighted by atomic mass is 10.1. The fourth-order valence-corrected chi connectivity index (χ4v) is 5.05. The van der Waals surface area contributed by atoms with E-state index in [0.717, 1.165) is 73.1 Å². The summed E-state index contributed by atoms with van der Waals surface area (Å²) in [5, 5.41) is 9.59. The Morgan fingerprint density at radius 2 is 1.77 bits per heavy atom. The lowest BCUT2D eigenvalue weighted by molar-refractivity contribution is 0.333. The molecule has 2 saturated heterocycles. The van der Waals surface area contributed by atoms with E-state index in [4.69, 9.17) is 11.6 Å². The first-order valence-corrected chi connectivity index (χ1v) is 11.7. The molecule has 3 aromatic rings. The predicted octanol–water partition coefficient (Wildman–Crippen LogP) is 3.67. The molecule has 0 spiro atoms. The number of nitrogens with zero attached hydrogens (tertiary/aromatic N) is 6. The smallest absolute Gasteiger partial charge is 0.186 e. The number of piperazine rings is 1. The third-order valence-corrected chi connectivity index (χ3v) is 6.83. The van der Waals surface area contributed by atoms with Crippen LogP contribution < -0.4 is 9.80 Å². The van der Waals surface area contributed by atoms with Crippen LogP contribution in [-0.4, -0.2) is 70.9 Å². The van der Waals surface area contributed by atoms with E-state index < -0.39 is 0 Å². The van der Waals surface area contributed by atoms with Crippen LogP contribution in [0.3, 0.4) is 0 Å². The number of halogens is 1. The van der Waals surface area contributed by atoms with Gasteiger partial charge in [0.15, 0.2) is 5.65 Å². The minimum atomic E-state index is 0.772. The second-order valence-electron chi connectivity index (χ2n) is 8.66. The molecule has 0 radical (unpaired) electrons. The number of aromatic nitrogens is 4. The number of fused-ring (bicyclic) bond motifs is 1. The summed E-state index contributed by atoms with van der Waals surface area (Å²) in [7, 11) is 0. The summed E-state index contributed by atoms with van der Waals surface area (Å²) in [6, 6.07) is 6.13. The van der Waals surface area contributed by atoms with E-state index in [1.807, 2.05) is 6.07 Å². The number of rotatable bonds is 6. The SMILES string of the molecule is Cc1ccc(Cl)cc1N1CCN(c2ncnc3n[nH]c(CCCN4CCCC4)c23)CC1. The van der Waals surface area contributed by atoms with E-state index in [-0.39, 0.29) is 0 Å². The molecule has 8 heteroatoms. The van der Waals surface area contributed by atoms with Crippen molar-refractivity contribution >= 4 is 34.1 Å². The first-order valence-electron chi connectivity index (χ1n) is 11.4. The van der Waals surface area contributed by atoms with Gasteiger partial charge in [0.2, 0.25) is 0 Å². The van der Waals surface area contributed by atoms with Crippen LogP contribution in [0.4, 0.5) is 11.5 Å². The predicted molar refractivity (Wildman–Crippen MR) is 126 cm³/mol. The fraction of sp³-hybridized carbons (Fsp3) is 0.522. The van der Waals surface area contributed by atoms with E-state index in [0.29, 0.717) is 0 Å². The van der Waals surface area contributed by atoms with Crippen molar-refractivity contribution in [1.82, 2.24) is 25.1 Å². The van der Waals surface area contributed by atoms with Crippen molar-refractivity contribution in [3.05, 3.63) is 40.8 Å². The van der Waals surface area contributed by atoms with Gasteiger partial charge in [0, 0.05) is 42.6 Å². The zero-order valence-corrected chi connectivity index (χ0v) is 18.9. The molecular formula is C23H30ClN7. The van der Waals surface area contributed by atoms with Crippen LogP contribution in [0.2, 0.25) is 5.02 Å². The Balaban J connectivity index is 1.30. The number of nitrogens with one attached hydrogen (secondary N) is 1. The molecule has 31 heavy (non-hydrogen) atoms. The molecule has 2 fully saturated rings. The molecule has 1 aromatic carbocycles. The Labute approximate surface area is 188 Å². The standard InChI is InChI=1S/C23H30ClN7/c1-17-6-7-18(24)15-20(17)30-11-13-31(14-12-30)23-21-19(27-28-22(21)25-16-26-23)5-4-10-29-8-2-3-9-29/h6-7,15-16H,2-5,8-14H2,1H3,(H,25,26,27,28). The van der Waals surface area contributed by atoms with Gasteiger partial charge in [-0.25, -0.2) is 9.97 Å². The van der Waals surface area contributed by atoms with Crippen molar-refractivity contribution < 1.29 is 0 Å². The van der Waals surface area contributed by atoms with Gasteiger partial charge in [-0.3, -0.25) is 5.10 Å². The van der Waals surface area contributed by atoms with Crippen LogP contribution in [0.5, 0.6) is 0 Å². The minimum absolute atomic E-state index is 0.772. The normalized spacial score (nSPS) is 17.7. The van der Waals surface area contributed by atoms with Gasteiger partial charge in [0.25, 0.3) is 0 Å². The molecule has 2 aromatic heterocycles. The van der Waals surface area contributed by atoms with Gasteiger partial charge >= 0.3 is 0 Å². The number of H-pyrrole nitrogens is 1. The van der Waals surface area contributed by atoms with Crippen molar-refractivity contribution in [2.45, 2.75) is 32.6 Å². The van der Waals surface area contributed by atoms with Crippen LogP contribution >= 0.6 is 11.6 Å². The highest BCUT2D eigenvalue weighted by Gasteiger charge is 2.23. The average molecular weight is 440 g/mol. The van der Waals surface area contributed by atoms with E-state index >= 15 is 0 Å². The van der Waals surface area contributed by atoms with Crippen molar-refractivity contribution in [1.29, 1.82) is 0 Å². The van der Waals surface area contributed by atoms with E-state index in [9.17, 15) is 0 Å². The van der Waals surface area contributed by atoms with Gasteiger partial charge in [-0.15, -0.1) is 0 Å². The molecule has 0 unspecified atom stereocenters. The van der Waals surface area contributed by atoms with Crippen LogP contribution in [0, 0.1) is 6.92 Å². The number of benzene rings is 1. The lowest BCUT2D eigenvalue weighted by Gasteiger charge is -2.37. The summed E-state index contributed by atoms with van der Waals surface area (Å²) < 4.78 is 0. The Morgan fingerprint density at radius 1 is 1.00 bits per heavy atom. The van der Waals surface area contributed by atoms with Crippen LogP contribution in [0.25, 0.3) is 11.0 Å². The number of hydrogen-bond donors (Lipinski definition) is 1. The second kappa shape index (κ2) is 9.01. The molecule has 2 aliphatic rings. The molecule has 7 nitrogen and oxygen atoms in total. The summed E-state index contributed by atoms with van der Waals surface area (Å²) in [4.78, 5) is 16.5. The minimum Gasteiger partial charge on any atom is -0.368 e. The Hall–Kier alpha value is -2.38. The maximum Gasteiger partial charge on any atom is 0.186 e. The summed E-state index contributed by atoms with van der Waals surface area (Å²) >= 11 is 6.25. The first-order chi connectivity index (χ1) is 15.2. The quantitative estimate of drug-likeness (QED) is 0.632. The number of likely N-dealkylation sites (tertiary alicyclic amines) is 1. The number of anilines is 2. The fourth-order valence-electron chi connectivity index (χ4n) is 4.89. The topological polar surface area (TPSA) is 64.2 Å². The zero-order chi connectivity index (χ0) is 21.2. The van der Waals surface area contributed by atoms with Crippen molar-refractivity contribution in [2.75, 3.05) is 55.6 Å². The van der Waals surface area contributed by atoms with Gasteiger partial charge in [0.05, 0.1) is 5.39 Å². The van der Waals surface area contributed by atoms with Crippen LogP contribution in [0.15, 0.2) is 24.5 Å². The highest BCUT2D eigenvalue weighted by Crippen LogP contribution is 2.29. The van der Waals surface area contributed by atoms with Crippen LogP contribution in [0.1, 0.15) is 30.5 Å². The first kappa shape index (κ1) is 20.5. The largest absolute Gasteiger partial charge is 0.368 e. The van der Waals surface area contributed by atoms with E-state index in [2.05, 4.69) is 53.9 Å². The molecule has 0 atom stereocenters. The van der Waals surface area contributed by atoms with Gasteiger partial charge in [-0.05, 0) is 69.9 Å². The molecule has 164 valence electrons. The molecule has 4 heterocycles. The van der Waals surface area contributed by atoms with Gasteiger partial charge < -0.3 is 14.7 Å². The lowest BCUT2D eigenvalue weighted by Crippen LogP contribution is -2.47. The highest BCUT2D eigenvalue weighted by atomic mass is 35.5. The summed E-state index contributed by atoms with van der Waals surface area (Å²) in [6.45, 7) is 9.49. The maximum absolute atomic E-state index is 6.25. The van der Waals surface area contributed by atoms with Crippen molar-refractivity contribution in [2.24, 2.45) is 0 Å². The van der Waals surface area contributed by atoms with Crippen LogP contribution in [-0.2, 0) is 6.42 Å². The van der Waals surface area contributed by atoms with Crippen molar-refractivity contribution in [3.63, 3.8) is 0 Å². The average Bonchev–Trinajstić information content (AvgIpc) is 3.46. The maximum atomic E-state index is 6.25. The molecule has 1 N–H and O–H groups in total.